The number of hydrogen-bond donors (Lipinski definition) is 0. The van der Waals surface area contributed by atoms with Crippen molar-refractivity contribution in [2.75, 3.05) is 38.7 Å². The smallest absolute Gasteiger partial charge is 0.260 e. The molecule has 0 unspecified atom stereocenters. The number of hydrogen-bond acceptors (Lipinski definition) is 5. The fourth-order valence-electron chi connectivity index (χ4n) is 3.24. The van der Waals surface area contributed by atoms with Gasteiger partial charge in [-0.05, 0) is 69.9 Å². The van der Waals surface area contributed by atoms with Gasteiger partial charge in [0, 0.05) is 12.1 Å². The van der Waals surface area contributed by atoms with Gasteiger partial charge in [-0.1, -0.05) is 37.2 Å². The number of nitrogens with zero attached hydrogens (tertiary/aromatic N) is 3. The largest absolute Gasteiger partial charge is 0.494 e. The molecule has 31 heavy (non-hydrogen) atoms. The van der Waals surface area contributed by atoms with Gasteiger partial charge < -0.3 is 9.64 Å². The second-order valence-electron chi connectivity index (χ2n) is 7.78. The Hall–Kier alpha value is -2.51. The summed E-state index contributed by atoms with van der Waals surface area (Å²) in [6.45, 7) is 4.18. The summed E-state index contributed by atoms with van der Waals surface area (Å²) < 4.78 is 20.6. The molecule has 0 aliphatic heterocycles. The fraction of sp³-hybridized carbons (Fsp3) is 0.417. The first-order valence-electron chi connectivity index (χ1n) is 10.7. The Balaban J connectivity index is 1.79. The lowest BCUT2D eigenvalue weighted by Gasteiger charge is -2.21. The molecule has 0 radical (unpaired) electrons. The van der Waals surface area contributed by atoms with E-state index in [2.05, 4.69) is 16.8 Å². The number of fused-ring (bicyclic) bond motifs is 1. The quantitative estimate of drug-likeness (QED) is 0.362. The van der Waals surface area contributed by atoms with E-state index in [9.17, 15) is 9.18 Å². The van der Waals surface area contributed by atoms with Crippen molar-refractivity contribution in [3.63, 3.8) is 0 Å². The molecule has 0 bridgehead atoms. The maximum absolute atomic E-state index is 14.2. The first-order chi connectivity index (χ1) is 15.0. The molecule has 0 aliphatic carbocycles. The highest BCUT2D eigenvalue weighted by atomic mass is 32.1. The number of thiazole rings is 1. The van der Waals surface area contributed by atoms with Crippen LogP contribution in [0.25, 0.3) is 10.2 Å². The van der Waals surface area contributed by atoms with E-state index in [1.807, 2.05) is 32.3 Å². The average molecular weight is 444 g/mol. The number of amides is 1. The number of carbonyl (C=O) groups excluding carboxylic acids is 1. The Morgan fingerprint density at radius 3 is 2.52 bits per heavy atom. The minimum Gasteiger partial charge on any atom is -0.494 e. The van der Waals surface area contributed by atoms with Crippen LogP contribution in [0.3, 0.4) is 0 Å². The second-order valence-corrected chi connectivity index (χ2v) is 8.79. The number of aromatic nitrogens is 1. The van der Waals surface area contributed by atoms with Gasteiger partial charge in [-0.3, -0.25) is 9.69 Å². The van der Waals surface area contributed by atoms with Gasteiger partial charge in [0.1, 0.15) is 17.1 Å². The van der Waals surface area contributed by atoms with E-state index in [1.54, 1.807) is 23.1 Å². The summed E-state index contributed by atoms with van der Waals surface area (Å²) in [5, 5.41) is 0.517. The third-order valence-corrected chi connectivity index (χ3v) is 5.98. The summed E-state index contributed by atoms with van der Waals surface area (Å²) in [6, 6.07) is 12.1. The van der Waals surface area contributed by atoms with Gasteiger partial charge in [-0.2, -0.15) is 0 Å². The van der Waals surface area contributed by atoms with E-state index in [-0.39, 0.29) is 11.7 Å². The summed E-state index contributed by atoms with van der Waals surface area (Å²) in [4.78, 5) is 21.5. The summed E-state index contributed by atoms with van der Waals surface area (Å²) >= 11 is 1.34. The van der Waals surface area contributed by atoms with Crippen LogP contribution >= 0.6 is 11.3 Å². The molecule has 166 valence electrons. The van der Waals surface area contributed by atoms with E-state index in [0.717, 1.165) is 42.7 Å². The molecule has 0 spiro atoms. The molecule has 0 atom stereocenters. The molecule has 1 heterocycles. The zero-order chi connectivity index (χ0) is 22.2. The van der Waals surface area contributed by atoms with Crippen molar-refractivity contribution in [3.05, 3.63) is 53.8 Å². The second kappa shape index (κ2) is 11.2. The van der Waals surface area contributed by atoms with Gasteiger partial charge in [-0.25, -0.2) is 9.37 Å². The molecular weight excluding hydrogens is 413 g/mol. The Kier molecular flexibility index (Phi) is 8.37. The van der Waals surface area contributed by atoms with E-state index >= 15 is 0 Å². The average Bonchev–Trinajstić information content (AvgIpc) is 3.19. The third-order valence-electron chi connectivity index (χ3n) is 4.94. The van der Waals surface area contributed by atoms with Crippen LogP contribution in [0.1, 0.15) is 43.0 Å². The first-order valence-corrected chi connectivity index (χ1v) is 11.6. The zero-order valence-corrected chi connectivity index (χ0v) is 19.3. The fourth-order valence-corrected chi connectivity index (χ4v) is 4.24. The highest BCUT2D eigenvalue weighted by Crippen LogP contribution is 2.31. The lowest BCUT2D eigenvalue weighted by atomic mass is 10.2. The number of halogens is 1. The minimum absolute atomic E-state index is 0.143. The third kappa shape index (κ3) is 6.24. The zero-order valence-electron chi connectivity index (χ0n) is 18.4. The topological polar surface area (TPSA) is 45.7 Å². The van der Waals surface area contributed by atoms with E-state index in [4.69, 9.17) is 4.74 Å². The lowest BCUT2D eigenvalue weighted by Crippen LogP contribution is -2.33. The minimum atomic E-state index is -0.370. The molecule has 0 saturated carbocycles. The van der Waals surface area contributed by atoms with Crippen LogP contribution in [0.4, 0.5) is 9.52 Å². The van der Waals surface area contributed by atoms with E-state index < -0.39 is 0 Å². The molecule has 1 aromatic heterocycles. The van der Waals surface area contributed by atoms with Gasteiger partial charge in [0.25, 0.3) is 5.91 Å². The Bertz CT molecular complexity index is 988. The van der Waals surface area contributed by atoms with Crippen molar-refractivity contribution < 1.29 is 13.9 Å². The lowest BCUT2D eigenvalue weighted by molar-refractivity contribution is 0.0986. The number of benzene rings is 2. The van der Waals surface area contributed by atoms with Crippen molar-refractivity contribution in [3.8, 4) is 5.75 Å². The van der Waals surface area contributed by atoms with Crippen LogP contribution < -0.4 is 9.64 Å². The van der Waals surface area contributed by atoms with Gasteiger partial charge in [0.15, 0.2) is 5.13 Å². The molecule has 1 amide bonds. The highest BCUT2D eigenvalue weighted by molar-refractivity contribution is 7.22. The monoisotopic (exact) mass is 443 g/mol. The maximum Gasteiger partial charge on any atom is 0.260 e. The van der Waals surface area contributed by atoms with Gasteiger partial charge >= 0.3 is 0 Å². The van der Waals surface area contributed by atoms with Crippen molar-refractivity contribution >= 4 is 32.6 Å². The van der Waals surface area contributed by atoms with Crippen LogP contribution in [0.5, 0.6) is 5.75 Å². The number of anilines is 1. The molecule has 0 N–H and O–H groups in total. The van der Waals surface area contributed by atoms with Crippen molar-refractivity contribution in [2.45, 2.75) is 32.6 Å². The van der Waals surface area contributed by atoms with Crippen molar-refractivity contribution in [2.24, 2.45) is 0 Å². The van der Waals surface area contributed by atoms with E-state index in [1.165, 1.54) is 17.4 Å². The molecule has 2 aromatic carbocycles. The van der Waals surface area contributed by atoms with Gasteiger partial charge in [-0.15, -0.1) is 0 Å². The molecule has 5 nitrogen and oxygen atoms in total. The predicted octanol–water partition coefficient (Wildman–Crippen LogP) is 5.60. The Morgan fingerprint density at radius 2 is 1.84 bits per heavy atom. The molecule has 7 heteroatoms. The summed E-state index contributed by atoms with van der Waals surface area (Å²) in [6.07, 6.45) is 4.10. The Morgan fingerprint density at radius 1 is 1.06 bits per heavy atom. The molecule has 0 saturated heterocycles. The van der Waals surface area contributed by atoms with Gasteiger partial charge in [0.05, 0.1) is 11.3 Å². The van der Waals surface area contributed by atoms with Crippen LogP contribution in [0, 0.1) is 5.82 Å². The van der Waals surface area contributed by atoms with Crippen LogP contribution in [-0.4, -0.2) is 49.6 Å². The predicted molar refractivity (Wildman–Crippen MR) is 126 cm³/mol. The SMILES string of the molecule is CCCCCOc1ccc(C(=O)N(CCCN(C)C)c2nc3c(F)cccc3s2)cc1. The number of para-hydroxylation sites is 1. The van der Waals surface area contributed by atoms with Crippen molar-refractivity contribution in [1.29, 1.82) is 0 Å². The maximum atomic E-state index is 14.2. The van der Waals surface area contributed by atoms with Crippen molar-refractivity contribution in [1.82, 2.24) is 9.88 Å². The summed E-state index contributed by atoms with van der Waals surface area (Å²) in [5.41, 5.74) is 0.870. The number of unbranched alkanes of at least 4 members (excludes halogenated alkanes) is 2. The van der Waals surface area contributed by atoms with Crippen LogP contribution in [-0.2, 0) is 0 Å². The molecule has 3 aromatic rings. The number of ether oxygens (including phenoxy) is 1. The summed E-state index contributed by atoms with van der Waals surface area (Å²) in [7, 11) is 4.00. The summed E-state index contributed by atoms with van der Waals surface area (Å²) in [5.74, 6) is 0.245. The molecule has 3 rings (SSSR count). The Labute approximate surface area is 187 Å². The highest BCUT2D eigenvalue weighted by Gasteiger charge is 2.22. The van der Waals surface area contributed by atoms with Crippen LogP contribution in [0.15, 0.2) is 42.5 Å². The molecule has 0 fully saturated rings. The number of rotatable bonds is 11. The molecule has 0 aliphatic rings. The number of carbonyl (C=O) groups is 1. The van der Waals surface area contributed by atoms with E-state index in [0.29, 0.717) is 29.4 Å². The normalized spacial score (nSPS) is 11.3. The molecular formula is C24H30FN3O2S. The van der Waals surface area contributed by atoms with Gasteiger partial charge in [0.2, 0.25) is 0 Å². The standard InChI is InChI=1S/C24H30FN3O2S/c1-4-5-6-17-30-19-13-11-18(12-14-19)23(29)28(16-8-15-27(2)3)24-26-22-20(25)9-7-10-21(22)31-24/h7,9-14H,4-6,8,15-17H2,1-3H3. The van der Waals surface area contributed by atoms with Crippen LogP contribution in [0.2, 0.25) is 0 Å². The first kappa shape index (κ1) is 23.2.